The maximum Gasteiger partial charge on any atom is 0.261 e. The van der Waals surface area contributed by atoms with Crippen LogP contribution in [0.1, 0.15) is 12.8 Å². The maximum absolute atomic E-state index is 5.80. The van der Waals surface area contributed by atoms with Crippen molar-refractivity contribution < 1.29 is 9.47 Å². The van der Waals surface area contributed by atoms with Crippen LogP contribution in [0.2, 0.25) is 5.15 Å². The fourth-order valence-corrected chi connectivity index (χ4v) is 1.21. The van der Waals surface area contributed by atoms with Crippen molar-refractivity contribution in [3.05, 3.63) is 24.1 Å². The lowest BCUT2D eigenvalue weighted by Crippen LogP contribution is -2.01. The van der Waals surface area contributed by atoms with Crippen LogP contribution in [0.5, 0.6) is 11.6 Å². The molecule has 1 rings (SSSR count). The standard InChI is InChI=1S/C10H13ClN2O2/c1-3-4-5-6-15-10-8(14-2)9(11)12-7-13-10/h3,7H,1,4-6H2,2H3. The van der Waals surface area contributed by atoms with Gasteiger partial charge < -0.3 is 9.47 Å². The number of nitrogens with zero attached hydrogens (tertiary/aromatic N) is 2. The summed E-state index contributed by atoms with van der Waals surface area (Å²) in [5.74, 6) is 0.749. The molecule has 0 saturated carbocycles. The molecule has 0 fully saturated rings. The summed E-state index contributed by atoms with van der Waals surface area (Å²) in [7, 11) is 1.50. The van der Waals surface area contributed by atoms with Gasteiger partial charge in [-0.2, -0.15) is 4.98 Å². The summed E-state index contributed by atoms with van der Waals surface area (Å²) in [4.78, 5) is 7.73. The van der Waals surface area contributed by atoms with E-state index in [1.807, 2.05) is 6.08 Å². The van der Waals surface area contributed by atoms with Crippen LogP contribution >= 0.6 is 11.6 Å². The van der Waals surface area contributed by atoms with Gasteiger partial charge in [-0.05, 0) is 12.8 Å². The molecule has 0 saturated heterocycles. The minimum Gasteiger partial charge on any atom is -0.489 e. The molecule has 0 unspecified atom stereocenters. The summed E-state index contributed by atoms with van der Waals surface area (Å²) >= 11 is 5.80. The minimum absolute atomic E-state index is 0.256. The summed E-state index contributed by atoms with van der Waals surface area (Å²) in [6, 6.07) is 0. The molecule has 1 aromatic heterocycles. The molecule has 0 atom stereocenters. The molecule has 0 radical (unpaired) electrons. The highest BCUT2D eigenvalue weighted by Crippen LogP contribution is 2.30. The molecule has 0 spiro atoms. The third-order valence-electron chi connectivity index (χ3n) is 1.72. The van der Waals surface area contributed by atoms with Crippen LogP contribution in [-0.4, -0.2) is 23.7 Å². The van der Waals surface area contributed by atoms with Crippen LogP contribution in [0.4, 0.5) is 0 Å². The Labute approximate surface area is 93.9 Å². The molecular weight excluding hydrogens is 216 g/mol. The van der Waals surface area contributed by atoms with Gasteiger partial charge >= 0.3 is 0 Å². The third-order valence-corrected chi connectivity index (χ3v) is 1.99. The second-order valence-electron chi connectivity index (χ2n) is 2.78. The van der Waals surface area contributed by atoms with Gasteiger partial charge in [-0.25, -0.2) is 4.98 Å². The van der Waals surface area contributed by atoms with E-state index in [4.69, 9.17) is 21.1 Å². The Hall–Kier alpha value is -1.29. The molecule has 0 bridgehead atoms. The lowest BCUT2D eigenvalue weighted by molar-refractivity contribution is 0.277. The van der Waals surface area contributed by atoms with E-state index in [1.54, 1.807) is 0 Å². The topological polar surface area (TPSA) is 44.2 Å². The fraction of sp³-hybridized carbons (Fsp3) is 0.400. The Bertz CT molecular complexity index is 331. The predicted octanol–water partition coefficient (Wildman–Crippen LogP) is 2.48. The summed E-state index contributed by atoms with van der Waals surface area (Å²) in [5, 5.41) is 0.256. The van der Waals surface area contributed by atoms with Crippen LogP contribution in [-0.2, 0) is 0 Å². The second-order valence-corrected chi connectivity index (χ2v) is 3.14. The average molecular weight is 229 g/mol. The van der Waals surface area contributed by atoms with Crippen LogP contribution in [0.3, 0.4) is 0 Å². The molecule has 5 heteroatoms. The molecule has 0 aromatic carbocycles. The van der Waals surface area contributed by atoms with Gasteiger partial charge in [0.25, 0.3) is 5.88 Å². The summed E-state index contributed by atoms with van der Waals surface area (Å²) < 4.78 is 10.4. The number of rotatable bonds is 6. The number of aromatic nitrogens is 2. The molecule has 15 heavy (non-hydrogen) atoms. The van der Waals surface area contributed by atoms with Crippen LogP contribution in [0.15, 0.2) is 19.0 Å². The van der Waals surface area contributed by atoms with E-state index < -0.39 is 0 Å². The fourth-order valence-electron chi connectivity index (χ4n) is 1.01. The molecule has 4 nitrogen and oxygen atoms in total. The van der Waals surface area contributed by atoms with Crippen molar-refractivity contribution in [3.63, 3.8) is 0 Å². The van der Waals surface area contributed by atoms with Gasteiger partial charge in [-0.15, -0.1) is 6.58 Å². The average Bonchev–Trinajstić information content (AvgIpc) is 2.24. The molecule has 0 aliphatic heterocycles. The van der Waals surface area contributed by atoms with E-state index in [0.717, 1.165) is 12.8 Å². The van der Waals surface area contributed by atoms with Crippen molar-refractivity contribution >= 4 is 11.6 Å². The number of hydrogen-bond donors (Lipinski definition) is 0. The van der Waals surface area contributed by atoms with Crippen LogP contribution in [0, 0.1) is 0 Å². The van der Waals surface area contributed by atoms with E-state index in [-0.39, 0.29) is 5.15 Å². The number of allylic oxidation sites excluding steroid dienone is 1. The van der Waals surface area contributed by atoms with Gasteiger partial charge in [-0.1, -0.05) is 17.7 Å². The first-order valence-electron chi connectivity index (χ1n) is 4.57. The first-order valence-corrected chi connectivity index (χ1v) is 4.95. The Kier molecular flexibility index (Phi) is 4.90. The maximum atomic E-state index is 5.80. The highest BCUT2D eigenvalue weighted by Gasteiger charge is 2.10. The van der Waals surface area contributed by atoms with E-state index in [2.05, 4.69) is 16.5 Å². The molecule has 0 aliphatic carbocycles. The van der Waals surface area contributed by atoms with Gasteiger partial charge in [0, 0.05) is 0 Å². The summed E-state index contributed by atoms with van der Waals surface area (Å²) in [5.41, 5.74) is 0. The Morgan fingerprint density at radius 2 is 2.33 bits per heavy atom. The third kappa shape index (κ3) is 3.40. The minimum atomic E-state index is 0.256. The predicted molar refractivity (Wildman–Crippen MR) is 58.5 cm³/mol. The number of methoxy groups -OCH3 is 1. The smallest absolute Gasteiger partial charge is 0.261 e. The second kappa shape index (κ2) is 6.24. The van der Waals surface area contributed by atoms with Gasteiger partial charge in [-0.3, -0.25) is 0 Å². The first kappa shape index (κ1) is 11.8. The first-order chi connectivity index (χ1) is 7.29. The van der Waals surface area contributed by atoms with E-state index >= 15 is 0 Å². The van der Waals surface area contributed by atoms with Gasteiger partial charge in [0.15, 0.2) is 5.15 Å². The zero-order valence-corrected chi connectivity index (χ0v) is 9.33. The molecule has 0 N–H and O–H groups in total. The molecule has 0 amide bonds. The highest BCUT2D eigenvalue weighted by atomic mass is 35.5. The van der Waals surface area contributed by atoms with E-state index in [0.29, 0.717) is 18.2 Å². The van der Waals surface area contributed by atoms with Crippen molar-refractivity contribution in [1.82, 2.24) is 9.97 Å². The van der Waals surface area contributed by atoms with Crippen molar-refractivity contribution in [1.29, 1.82) is 0 Å². The van der Waals surface area contributed by atoms with Crippen LogP contribution in [0.25, 0.3) is 0 Å². The number of unbranched alkanes of at least 4 members (excludes halogenated alkanes) is 1. The zero-order chi connectivity index (χ0) is 11.1. The van der Waals surface area contributed by atoms with E-state index in [9.17, 15) is 0 Å². The van der Waals surface area contributed by atoms with Gasteiger partial charge in [0.1, 0.15) is 6.33 Å². The molecule has 82 valence electrons. The SMILES string of the molecule is C=CCCCOc1ncnc(Cl)c1OC. The monoisotopic (exact) mass is 228 g/mol. The quantitative estimate of drug-likeness (QED) is 0.426. The highest BCUT2D eigenvalue weighted by molar-refractivity contribution is 6.31. The molecular formula is C10H13ClN2O2. The lowest BCUT2D eigenvalue weighted by Gasteiger charge is -2.08. The normalized spacial score (nSPS) is 9.73. The van der Waals surface area contributed by atoms with Crippen molar-refractivity contribution in [3.8, 4) is 11.6 Å². The van der Waals surface area contributed by atoms with Crippen molar-refractivity contribution in [2.24, 2.45) is 0 Å². The Morgan fingerprint density at radius 1 is 1.53 bits per heavy atom. The van der Waals surface area contributed by atoms with Gasteiger partial charge in [0.2, 0.25) is 5.75 Å². The summed E-state index contributed by atoms with van der Waals surface area (Å²) in [6.07, 6.45) is 4.97. The molecule has 1 aromatic rings. The lowest BCUT2D eigenvalue weighted by atomic mass is 10.3. The van der Waals surface area contributed by atoms with Crippen LogP contribution < -0.4 is 9.47 Å². The number of halogens is 1. The van der Waals surface area contributed by atoms with E-state index in [1.165, 1.54) is 13.4 Å². The van der Waals surface area contributed by atoms with Crippen molar-refractivity contribution in [2.75, 3.05) is 13.7 Å². The Morgan fingerprint density at radius 3 is 3.00 bits per heavy atom. The number of hydrogen-bond acceptors (Lipinski definition) is 4. The van der Waals surface area contributed by atoms with Gasteiger partial charge in [0.05, 0.1) is 13.7 Å². The zero-order valence-electron chi connectivity index (χ0n) is 8.57. The largest absolute Gasteiger partial charge is 0.489 e. The number of ether oxygens (including phenoxy) is 2. The Balaban J connectivity index is 2.59. The van der Waals surface area contributed by atoms with Crippen molar-refractivity contribution in [2.45, 2.75) is 12.8 Å². The molecule has 1 heterocycles. The summed E-state index contributed by atoms with van der Waals surface area (Å²) in [6.45, 7) is 4.18. The molecule has 0 aliphatic rings.